The first-order chi connectivity index (χ1) is 12.6. The van der Waals surface area contributed by atoms with Crippen molar-refractivity contribution in [2.24, 2.45) is 10.2 Å². The van der Waals surface area contributed by atoms with E-state index in [1.807, 2.05) is 24.3 Å². The lowest BCUT2D eigenvalue weighted by Gasteiger charge is -1.96. The molecule has 0 atom stereocenters. The summed E-state index contributed by atoms with van der Waals surface area (Å²) in [7, 11) is 0. The van der Waals surface area contributed by atoms with Gasteiger partial charge >= 0.3 is 0 Å². The molecular weight excluding hydrogens is 352 g/mol. The van der Waals surface area contributed by atoms with Gasteiger partial charge in [-0.1, -0.05) is 36.4 Å². The minimum absolute atomic E-state index is 0.0204. The fourth-order valence-electron chi connectivity index (χ4n) is 2.58. The summed E-state index contributed by atoms with van der Waals surface area (Å²) in [4.78, 5) is 17.8. The smallest absolute Gasteiger partial charge is 0.270 e. The molecule has 2 aromatic heterocycles. The van der Waals surface area contributed by atoms with Crippen LogP contribution in [0.1, 0.15) is 0 Å². The Morgan fingerprint density at radius 1 is 1.12 bits per heavy atom. The lowest BCUT2D eigenvalue weighted by molar-refractivity contribution is -0.384. The Kier molecular flexibility index (Phi) is 3.90. The average molecular weight is 364 g/mol. The normalized spacial score (nSPS) is 11.4. The number of H-pyrrole nitrogens is 1. The number of anilines is 1. The van der Waals surface area contributed by atoms with Crippen LogP contribution in [0.2, 0.25) is 0 Å². The van der Waals surface area contributed by atoms with E-state index in [1.165, 1.54) is 23.5 Å². The third-order valence-electron chi connectivity index (χ3n) is 3.81. The van der Waals surface area contributed by atoms with Crippen LogP contribution in [0.3, 0.4) is 0 Å². The molecule has 4 aromatic rings. The zero-order valence-electron chi connectivity index (χ0n) is 13.3. The topological polar surface area (TPSA) is 123 Å². The van der Waals surface area contributed by atoms with Gasteiger partial charge in [-0.25, -0.2) is 4.98 Å². The van der Waals surface area contributed by atoms with Crippen LogP contribution in [0.25, 0.3) is 22.0 Å². The molecule has 3 N–H and O–H groups in total. The molecule has 0 saturated carbocycles. The molecular formula is C17H12N6O2S. The maximum absolute atomic E-state index is 10.9. The summed E-state index contributed by atoms with van der Waals surface area (Å²) in [6.07, 6.45) is 0. The molecule has 26 heavy (non-hydrogen) atoms. The minimum atomic E-state index is -0.433. The molecule has 128 valence electrons. The number of hydrogen-bond acceptors (Lipinski definition) is 7. The van der Waals surface area contributed by atoms with E-state index in [9.17, 15) is 10.1 Å². The Hall–Kier alpha value is -3.59. The van der Waals surface area contributed by atoms with Crippen molar-refractivity contribution in [2.45, 2.75) is 0 Å². The molecule has 0 spiro atoms. The maximum atomic E-state index is 10.9. The molecule has 8 nitrogen and oxygen atoms in total. The van der Waals surface area contributed by atoms with Crippen LogP contribution in [-0.4, -0.2) is 14.9 Å². The monoisotopic (exact) mass is 364 g/mol. The van der Waals surface area contributed by atoms with Crippen molar-refractivity contribution in [2.75, 3.05) is 5.73 Å². The molecule has 0 amide bonds. The zero-order valence-corrected chi connectivity index (χ0v) is 14.1. The number of hydrogen-bond donors (Lipinski definition) is 2. The maximum Gasteiger partial charge on any atom is 0.270 e. The number of benzene rings is 2. The number of rotatable bonds is 4. The van der Waals surface area contributed by atoms with E-state index in [2.05, 4.69) is 20.2 Å². The number of azo groups is 1. The fraction of sp³-hybridized carbons (Fsp3) is 0. The number of fused-ring (bicyclic) bond motifs is 1. The number of nitrogens with zero attached hydrogens (tertiary/aromatic N) is 4. The minimum Gasteiger partial charge on any atom is -0.385 e. The van der Waals surface area contributed by atoms with E-state index in [1.54, 1.807) is 17.5 Å². The number of thiazole rings is 1. The number of nitrogen functional groups attached to an aromatic ring is 1. The molecule has 9 heteroatoms. The molecule has 0 saturated heterocycles. The van der Waals surface area contributed by atoms with Gasteiger partial charge in [-0.2, -0.15) is 0 Å². The number of nitro benzene ring substituents is 1. The number of aromatic amines is 1. The highest BCUT2D eigenvalue weighted by Crippen LogP contribution is 2.33. The zero-order chi connectivity index (χ0) is 18.1. The highest BCUT2D eigenvalue weighted by molar-refractivity contribution is 7.13. The third-order valence-corrected chi connectivity index (χ3v) is 4.53. The first kappa shape index (κ1) is 15.9. The number of nitro groups is 1. The molecule has 0 aliphatic heterocycles. The predicted molar refractivity (Wildman–Crippen MR) is 101 cm³/mol. The van der Waals surface area contributed by atoms with Crippen molar-refractivity contribution in [1.29, 1.82) is 0 Å². The van der Waals surface area contributed by atoms with Gasteiger partial charge in [-0.3, -0.25) is 10.1 Å². The fourth-order valence-corrected chi connectivity index (χ4v) is 3.22. The number of non-ortho nitro benzene ring substituents is 1. The highest BCUT2D eigenvalue weighted by Gasteiger charge is 2.10. The predicted octanol–water partition coefficient (Wildman–Crippen LogP) is 5.20. The number of nitrogens with one attached hydrogen (secondary N) is 1. The Labute approximate surface area is 151 Å². The summed E-state index contributed by atoms with van der Waals surface area (Å²) < 4.78 is 0. The summed E-state index contributed by atoms with van der Waals surface area (Å²) in [5.41, 5.74) is 7.23. The summed E-state index contributed by atoms with van der Waals surface area (Å²) in [5.74, 6) is 1.09. The van der Waals surface area contributed by atoms with Crippen molar-refractivity contribution in [3.05, 3.63) is 64.0 Å². The molecule has 2 aromatic carbocycles. The number of aromatic nitrogens is 2. The van der Waals surface area contributed by atoms with E-state index >= 15 is 0 Å². The molecule has 4 rings (SSSR count). The van der Waals surface area contributed by atoms with Crippen molar-refractivity contribution in [3.8, 4) is 11.3 Å². The van der Waals surface area contributed by atoms with Gasteiger partial charge in [0, 0.05) is 33.8 Å². The van der Waals surface area contributed by atoms with Gasteiger partial charge in [0.25, 0.3) is 5.69 Å². The molecule has 0 radical (unpaired) electrons. The standard InChI is InChI=1S/C17H12N6O2S/c18-15-12-6-1-2-7-13(12)16(20-15)21-22-17-19-14(9-26-17)10-4-3-5-11(8-10)23(24)25/h1-9,20H,18H2/b22-21+. The first-order valence-corrected chi connectivity index (χ1v) is 8.48. The van der Waals surface area contributed by atoms with Crippen LogP contribution in [0.4, 0.5) is 22.5 Å². The van der Waals surface area contributed by atoms with Crippen LogP contribution in [0, 0.1) is 10.1 Å². The summed E-state index contributed by atoms with van der Waals surface area (Å²) >= 11 is 1.30. The summed E-state index contributed by atoms with van der Waals surface area (Å²) in [5, 5.41) is 23.3. The van der Waals surface area contributed by atoms with E-state index < -0.39 is 4.92 Å². The third kappa shape index (κ3) is 2.91. The average Bonchev–Trinajstić information content (AvgIpc) is 3.25. The van der Waals surface area contributed by atoms with Gasteiger partial charge in [0.05, 0.1) is 10.6 Å². The Morgan fingerprint density at radius 3 is 2.73 bits per heavy atom. The van der Waals surface area contributed by atoms with Crippen molar-refractivity contribution in [1.82, 2.24) is 9.97 Å². The van der Waals surface area contributed by atoms with Gasteiger partial charge in [0.1, 0.15) is 5.82 Å². The van der Waals surface area contributed by atoms with E-state index in [0.29, 0.717) is 28.0 Å². The number of nitrogens with two attached hydrogens (primary N) is 1. The lowest BCUT2D eigenvalue weighted by atomic mass is 10.1. The van der Waals surface area contributed by atoms with Crippen molar-refractivity contribution < 1.29 is 4.92 Å². The van der Waals surface area contributed by atoms with Crippen LogP contribution in [0.5, 0.6) is 0 Å². The van der Waals surface area contributed by atoms with Crippen molar-refractivity contribution in [3.63, 3.8) is 0 Å². The Bertz CT molecular complexity index is 1150. The van der Waals surface area contributed by atoms with Gasteiger partial charge in [0.15, 0.2) is 5.82 Å². The molecule has 0 bridgehead atoms. The van der Waals surface area contributed by atoms with Gasteiger partial charge < -0.3 is 10.7 Å². The Balaban J connectivity index is 1.63. The summed E-state index contributed by atoms with van der Waals surface area (Å²) in [6, 6.07) is 13.9. The van der Waals surface area contributed by atoms with Crippen molar-refractivity contribution >= 4 is 44.6 Å². The van der Waals surface area contributed by atoms with E-state index in [-0.39, 0.29) is 5.69 Å². The quantitative estimate of drug-likeness (QED) is 0.293. The molecule has 0 aliphatic rings. The van der Waals surface area contributed by atoms with E-state index in [4.69, 9.17) is 5.73 Å². The van der Waals surface area contributed by atoms with Gasteiger partial charge in [0.2, 0.25) is 5.13 Å². The second-order valence-corrected chi connectivity index (χ2v) is 6.29. The molecule has 2 heterocycles. The van der Waals surface area contributed by atoms with Crippen LogP contribution in [0.15, 0.2) is 64.1 Å². The van der Waals surface area contributed by atoms with Crippen LogP contribution in [-0.2, 0) is 0 Å². The Morgan fingerprint density at radius 2 is 1.92 bits per heavy atom. The molecule has 0 aliphatic carbocycles. The van der Waals surface area contributed by atoms with Crippen LogP contribution >= 0.6 is 11.3 Å². The van der Waals surface area contributed by atoms with Crippen LogP contribution < -0.4 is 5.73 Å². The second kappa shape index (κ2) is 6.37. The largest absolute Gasteiger partial charge is 0.385 e. The highest BCUT2D eigenvalue weighted by atomic mass is 32.1. The van der Waals surface area contributed by atoms with Gasteiger partial charge in [-0.05, 0) is 0 Å². The molecule has 0 fully saturated rings. The lowest BCUT2D eigenvalue weighted by Crippen LogP contribution is -1.87. The molecule has 0 unspecified atom stereocenters. The van der Waals surface area contributed by atoms with E-state index in [0.717, 1.165) is 10.8 Å². The second-order valence-electron chi connectivity index (χ2n) is 5.46. The van der Waals surface area contributed by atoms with Gasteiger partial charge in [-0.15, -0.1) is 21.6 Å². The summed E-state index contributed by atoms with van der Waals surface area (Å²) in [6.45, 7) is 0. The SMILES string of the molecule is Nc1[nH]c(/N=N/c2nc(-c3cccc([N+](=O)[O-])c3)cs2)c2ccccc12. The first-order valence-electron chi connectivity index (χ1n) is 7.60.